The van der Waals surface area contributed by atoms with Gasteiger partial charge in [0.15, 0.2) is 6.20 Å². The Morgan fingerprint density at radius 2 is 1.80 bits per heavy atom. The van der Waals surface area contributed by atoms with E-state index >= 15 is 0 Å². The van der Waals surface area contributed by atoms with Crippen molar-refractivity contribution in [3.8, 4) is 11.3 Å². The largest absolute Gasteiger partial charge is 0.221 e. The zero-order valence-electron chi connectivity index (χ0n) is 16.3. The van der Waals surface area contributed by atoms with Crippen LogP contribution in [0, 0.1) is 12.8 Å². The minimum absolute atomic E-state index is 0.0218. The van der Waals surface area contributed by atoms with Crippen LogP contribution in [0.1, 0.15) is 49.9 Å². The Labute approximate surface area is 151 Å². The summed E-state index contributed by atoms with van der Waals surface area (Å²) in [5.41, 5.74) is 8.57. The summed E-state index contributed by atoms with van der Waals surface area (Å²) in [7, 11) is 2.18. The van der Waals surface area contributed by atoms with Gasteiger partial charge in [0.25, 0.3) is 0 Å². The molecule has 25 heavy (non-hydrogen) atoms. The second-order valence-corrected chi connectivity index (χ2v) is 8.60. The van der Waals surface area contributed by atoms with Crippen molar-refractivity contribution in [2.45, 2.75) is 46.5 Å². The third-order valence-corrected chi connectivity index (χ3v) is 5.80. The van der Waals surface area contributed by atoms with E-state index in [-0.39, 0.29) is 5.41 Å². The molecule has 1 heteroatoms. The quantitative estimate of drug-likeness (QED) is 0.548. The summed E-state index contributed by atoms with van der Waals surface area (Å²) >= 11 is 0. The smallest absolute Gasteiger partial charge is 0.200 e. The Kier molecular flexibility index (Phi) is 3.54. The standard InChI is InChI=1S/C24H28N/c1-15(2)12-17-13-18-10-11-25(6)23-21-16(3)8-7-9-19(21)24(4,5)20(14-17)22(18)23/h7-11,13-15H,12H2,1-6H3/q+1. The summed E-state index contributed by atoms with van der Waals surface area (Å²) in [6.07, 6.45) is 3.35. The lowest BCUT2D eigenvalue weighted by molar-refractivity contribution is -0.659. The number of hydrogen-bond acceptors (Lipinski definition) is 0. The van der Waals surface area contributed by atoms with Crippen molar-refractivity contribution in [1.29, 1.82) is 0 Å². The molecule has 128 valence electrons. The van der Waals surface area contributed by atoms with Crippen molar-refractivity contribution in [3.63, 3.8) is 0 Å². The topological polar surface area (TPSA) is 3.88 Å². The van der Waals surface area contributed by atoms with Gasteiger partial charge < -0.3 is 0 Å². The zero-order chi connectivity index (χ0) is 17.9. The first-order chi connectivity index (χ1) is 11.8. The molecule has 0 bridgehead atoms. The maximum Gasteiger partial charge on any atom is 0.221 e. The van der Waals surface area contributed by atoms with E-state index < -0.39 is 0 Å². The summed E-state index contributed by atoms with van der Waals surface area (Å²) in [6, 6.07) is 13.9. The van der Waals surface area contributed by atoms with Crippen LogP contribution in [0.3, 0.4) is 0 Å². The van der Waals surface area contributed by atoms with Gasteiger partial charge in [0.1, 0.15) is 7.05 Å². The number of nitrogens with zero attached hydrogens (tertiary/aromatic N) is 1. The van der Waals surface area contributed by atoms with Crippen molar-refractivity contribution < 1.29 is 4.57 Å². The molecule has 0 unspecified atom stereocenters. The van der Waals surface area contributed by atoms with Crippen LogP contribution in [0.15, 0.2) is 42.6 Å². The first-order valence-corrected chi connectivity index (χ1v) is 9.37. The van der Waals surface area contributed by atoms with Crippen LogP contribution < -0.4 is 4.57 Å². The molecule has 0 fully saturated rings. The van der Waals surface area contributed by atoms with Gasteiger partial charge in [-0.3, -0.25) is 0 Å². The van der Waals surface area contributed by atoms with E-state index in [0.29, 0.717) is 5.92 Å². The molecule has 0 radical (unpaired) electrons. The van der Waals surface area contributed by atoms with Gasteiger partial charge in [-0.1, -0.05) is 58.0 Å². The molecule has 1 aliphatic rings. The summed E-state index contributed by atoms with van der Waals surface area (Å²) in [5, 5.41) is 2.81. The Balaban J connectivity index is 2.17. The van der Waals surface area contributed by atoms with Crippen molar-refractivity contribution in [3.05, 3.63) is 64.8 Å². The monoisotopic (exact) mass is 330 g/mol. The molecule has 0 N–H and O–H groups in total. The molecule has 4 rings (SSSR count). The number of aromatic nitrogens is 1. The number of hydrogen-bond donors (Lipinski definition) is 0. The van der Waals surface area contributed by atoms with Crippen molar-refractivity contribution in [1.82, 2.24) is 0 Å². The van der Waals surface area contributed by atoms with Crippen LogP contribution in [0.2, 0.25) is 0 Å². The normalized spacial score (nSPS) is 14.8. The molecule has 1 aliphatic carbocycles. The molecule has 0 saturated carbocycles. The molecule has 3 aromatic rings. The number of fused-ring (bicyclic) bond motifs is 2. The molecular formula is C24H28N+. The fraction of sp³-hybridized carbons (Fsp3) is 0.375. The van der Waals surface area contributed by atoms with Gasteiger partial charge in [-0.25, -0.2) is 4.57 Å². The minimum atomic E-state index is 0.0218. The first-order valence-electron chi connectivity index (χ1n) is 9.37. The van der Waals surface area contributed by atoms with Crippen LogP contribution in [0.25, 0.3) is 22.0 Å². The Morgan fingerprint density at radius 3 is 2.52 bits per heavy atom. The maximum atomic E-state index is 2.47. The SMILES string of the molecule is Cc1cccc2c1-c1c3c(cc(CC(C)C)cc3cc[n+]1C)C2(C)C. The number of benzene rings is 2. The molecule has 0 atom stereocenters. The average molecular weight is 330 g/mol. The van der Waals surface area contributed by atoms with Crippen LogP contribution >= 0.6 is 0 Å². The van der Waals surface area contributed by atoms with E-state index in [1.54, 1.807) is 0 Å². The van der Waals surface area contributed by atoms with Crippen LogP contribution in [-0.2, 0) is 18.9 Å². The van der Waals surface area contributed by atoms with Gasteiger partial charge >= 0.3 is 0 Å². The molecule has 0 saturated heterocycles. The molecule has 2 aromatic carbocycles. The highest BCUT2D eigenvalue weighted by molar-refractivity contribution is 6.01. The van der Waals surface area contributed by atoms with Crippen molar-refractivity contribution in [2.24, 2.45) is 13.0 Å². The highest BCUT2D eigenvalue weighted by Gasteiger charge is 2.38. The molecule has 0 spiro atoms. The Bertz CT molecular complexity index is 993. The third-order valence-electron chi connectivity index (χ3n) is 5.80. The van der Waals surface area contributed by atoms with Crippen LogP contribution in [0.4, 0.5) is 0 Å². The van der Waals surface area contributed by atoms with E-state index in [4.69, 9.17) is 0 Å². The summed E-state index contributed by atoms with van der Waals surface area (Å²) in [4.78, 5) is 0. The van der Waals surface area contributed by atoms with E-state index in [1.165, 1.54) is 44.3 Å². The second-order valence-electron chi connectivity index (χ2n) is 8.60. The van der Waals surface area contributed by atoms with Gasteiger partial charge in [-0.2, -0.15) is 0 Å². The molecular weight excluding hydrogens is 302 g/mol. The van der Waals surface area contributed by atoms with E-state index in [1.807, 2.05) is 0 Å². The number of aryl methyl sites for hydroxylation is 2. The summed E-state index contributed by atoms with van der Waals surface area (Å²) in [6.45, 7) is 11.6. The molecule has 1 aromatic heterocycles. The fourth-order valence-electron chi connectivity index (χ4n) is 4.60. The number of rotatable bonds is 2. The molecule has 1 nitrogen and oxygen atoms in total. The van der Waals surface area contributed by atoms with Crippen LogP contribution in [0.5, 0.6) is 0 Å². The lowest BCUT2D eigenvalue weighted by atomic mass is 9.68. The maximum absolute atomic E-state index is 2.47. The highest BCUT2D eigenvalue weighted by atomic mass is 14.9. The molecule has 0 amide bonds. The molecule has 1 heterocycles. The average Bonchev–Trinajstić information content (AvgIpc) is 2.53. The van der Waals surface area contributed by atoms with E-state index in [2.05, 4.69) is 88.8 Å². The van der Waals surface area contributed by atoms with E-state index in [9.17, 15) is 0 Å². The van der Waals surface area contributed by atoms with Crippen molar-refractivity contribution in [2.75, 3.05) is 0 Å². The predicted octanol–water partition coefficient (Wildman–Crippen LogP) is 5.48. The van der Waals surface area contributed by atoms with Gasteiger partial charge in [-0.15, -0.1) is 0 Å². The van der Waals surface area contributed by atoms with Gasteiger partial charge in [0, 0.05) is 11.5 Å². The minimum Gasteiger partial charge on any atom is -0.200 e. The van der Waals surface area contributed by atoms with E-state index in [0.717, 1.165) is 6.42 Å². The van der Waals surface area contributed by atoms with Gasteiger partial charge in [0.2, 0.25) is 5.69 Å². The van der Waals surface area contributed by atoms with Crippen LogP contribution in [-0.4, -0.2) is 0 Å². The Morgan fingerprint density at radius 1 is 1.04 bits per heavy atom. The highest BCUT2D eigenvalue weighted by Crippen LogP contribution is 2.48. The second kappa shape index (κ2) is 5.42. The first kappa shape index (κ1) is 16.3. The lowest BCUT2D eigenvalue weighted by Gasteiger charge is -2.34. The lowest BCUT2D eigenvalue weighted by Crippen LogP contribution is -2.35. The van der Waals surface area contributed by atoms with Gasteiger partial charge in [0.05, 0.1) is 10.9 Å². The third kappa shape index (κ3) is 2.33. The summed E-state index contributed by atoms with van der Waals surface area (Å²) in [5.74, 6) is 0.671. The summed E-state index contributed by atoms with van der Waals surface area (Å²) < 4.78 is 2.30. The molecule has 0 aliphatic heterocycles. The Hall–Kier alpha value is -2.15. The van der Waals surface area contributed by atoms with Gasteiger partial charge in [-0.05, 0) is 46.9 Å². The predicted molar refractivity (Wildman–Crippen MR) is 106 cm³/mol. The number of pyridine rings is 1. The zero-order valence-corrected chi connectivity index (χ0v) is 16.3. The fourth-order valence-corrected chi connectivity index (χ4v) is 4.60. The van der Waals surface area contributed by atoms with Crippen molar-refractivity contribution >= 4 is 10.8 Å².